The number of nitrogens with two attached hydrogens (primary N) is 1. The number of fused-ring (bicyclic) bond motifs is 2. The third-order valence-electron chi connectivity index (χ3n) is 5.85. The van der Waals surface area contributed by atoms with Crippen LogP contribution in [0.1, 0.15) is 28.9 Å². The molecule has 7 heteroatoms. The minimum Gasteiger partial charge on any atom is -0.365 e. The zero-order chi connectivity index (χ0) is 18.0. The first kappa shape index (κ1) is 15.3. The number of halogens is 1. The van der Waals surface area contributed by atoms with Crippen LogP contribution in [0.2, 0.25) is 0 Å². The largest absolute Gasteiger partial charge is 0.365 e. The standard InChI is InChI=1S/C19H18FN5O/c1-10-14-9-24(17(16(10)14)11-3-2-4-12(20)7-11)15-5-6-25-19(23-15)13(8-22-25)18(21)26/h2-8,10,14,16-17H,9H2,1H3,(H2,21,26)/t10-,14+,16-,17?/m1/s1. The van der Waals surface area contributed by atoms with Gasteiger partial charge < -0.3 is 10.6 Å². The number of piperidine rings is 1. The maximum absolute atomic E-state index is 13.8. The van der Waals surface area contributed by atoms with Gasteiger partial charge in [-0.15, -0.1) is 0 Å². The van der Waals surface area contributed by atoms with Gasteiger partial charge in [0, 0.05) is 12.7 Å². The molecule has 1 saturated carbocycles. The molecule has 1 saturated heterocycles. The average Bonchev–Trinajstić information content (AvgIpc) is 3.02. The predicted octanol–water partition coefficient (Wildman–Crippen LogP) is 2.41. The van der Waals surface area contributed by atoms with E-state index >= 15 is 0 Å². The Balaban J connectivity index is 1.59. The number of hydrogen-bond donors (Lipinski definition) is 1. The summed E-state index contributed by atoms with van der Waals surface area (Å²) in [6.45, 7) is 3.12. The molecule has 1 aromatic carbocycles. The van der Waals surface area contributed by atoms with Crippen molar-refractivity contribution in [3.8, 4) is 0 Å². The first-order chi connectivity index (χ1) is 12.5. The minimum atomic E-state index is -0.552. The summed E-state index contributed by atoms with van der Waals surface area (Å²) >= 11 is 0. The topological polar surface area (TPSA) is 76.5 Å². The predicted molar refractivity (Wildman–Crippen MR) is 94.1 cm³/mol. The molecule has 2 N–H and O–H groups in total. The SMILES string of the molecule is C[C@@H]1[C@@H]2CN(c3ccn4ncc(C(N)=O)c4n3)C(c3cccc(F)c3)[C@H]12. The third kappa shape index (κ3) is 2.13. The van der Waals surface area contributed by atoms with Gasteiger partial charge in [0.15, 0.2) is 5.65 Å². The van der Waals surface area contributed by atoms with Gasteiger partial charge in [-0.25, -0.2) is 13.9 Å². The Hall–Kier alpha value is -2.96. The minimum absolute atomic E-state index is 0.0839. The summed E-state index contributed by atoms with van der Waals surface area (Å²) in [5, 5.41) is 4.12. The van der Waals surface area contributed by atoms with Crippen molar-refractivity contribution >= 4 is 17.4 Å². The molecule has 4 atom stereocenters. The van der Waals surface area contributed by atoms with Gasteiger partial charge in [-0.1, -0.05) is 19.1 Å². The van der Waals surface area contributed by atoms with Gasteiger partial charge in [-0.3, -0.25) is 4.79 Å². The summed E-state index contributed by atoms with van der Waals surface area (Å²) in [6, 6.07) is 8.76. The summed E-state index contributed by atoms with van der Waals surface area (Å²) < 4.78 is 15.3. The van der Waals surface area contributed by atoms with Crippen LogP contribution >= 0.6 is 0 Å². The quantitative estimate of drug-likeness (QED) is 0.786. The number of benzene rings is 1. The fraction of sp³-hybridized carbons (Fsp3) is 0.316. The third-order valence-corrected chi connectivity index (χ3v) is 5.85. The maximum Gasteiger partial charge on any atom is 0.254 e. The molecule has 132 valence electrons. The van der Waals surface area contributed by atoms with E-state index in [-0.39, 0.29) is 11.9 Å². The fourth-order valence-electron chi connectivity index (χ4n) is 4.46. The summed E-state index contributed by atoms with van der Waals surface area (Å²) in [6.07, 6.45) is 3.21. The number of anilines is 1. The molecule has 0 radical (unpaired) electrons. The summed E-state index contributed by atoms with van der Waals surface area (Å²) in [4.78, 5) is 18.5. The molecular weight excluding hydrogens is 333 g/mol. The fourth-order valence-corrected chi connectivity index (χ4v) is 4.46. The zero-order valence-corrected chi connectivity index (χ0v) is 14.2. The molecular formula is C19H18FN5O. The highest BCUT2D eigenvalue weighted by Crippen LogP contribution is 2.61. The van der Waals surface area contributed by atoms with Gasteiger partial charge in [0.1, 0.15) is 17.2 Å². The highest BCUT2D eigenvalue weighted by molar-refractivity contribution is 5.98. The Bertz CT molecular complexity index is 1030. The van der Waals surface area contributed by atoms with E-state index in [1.165, 1.54) is 12.3 Å². The van der Waals surface area contributed by atoms with E-state index in [2.05, 4.69) is 21.9 Å². The van der Waals surface area contributed by atoms with E-state index in [1.807, 2.05) is 12.1 Å². The highest BCUT2D eigenvalue weighted by atomic mass is 19.1. The zero-order valence-electron chi connectivity index (χ0n) is 14.2. The van der Waals surface area contributed by atoms with E-state index in [1.54, 1.807) is 22.8 Å². The molecule has 26 heavy (non-hydrogen) atoms. The van der Waals surface area contributed by atoms with Crippen molar-refractivity contribution in [3.05, 3.63) is 59.7 Å². The molecule has 0 bridgehead atoms. The average molecular weight is 351 g/mol. The number of aromatic nitrogens is 3. The van der Waals surface area contributed by atoms with Crippen molar-refractivity contribution in [3.63, 3.8) is 0 Å². The van der Waals surface area contributed by atoms with E-state index in [4.69, 9.17) is 5.73 Å². The lowest BCUT2D eigenvalue weighted by Crippen LogP contribution is -2.29. The molecule has 1 aliphatic carbocycles. The lowest BCUT2D eigenvalue weighted by Gasteiger charge is -2.30. The van der Waals surface area contributed by atoms with Crippen molar-refractivity contribution in [2.75, 3.05) is 11.4 Å². The molecule has 1 unspecified atom stereocenters. The normalized spacial score (nSPS) is 26.9. The molecule has 1 aliphatic heterocycles. The number of amides is 1. The van der Waals surface area contributed by atoms with Gasteiger partial charge in [0.25, 0.3) is 5.91 Å². The molecule has 2 aliphatic rings. The van der Waals surface area contributed by atoms with Gasteiger partial charge in [0.05, 0.1) is 12.2 Å². The second-order valence-corrected chi connectivity index (χ2v) is 7.23. The van der Waals surface area contributed by atoms with E-state index < -0.39 is 5.91 Å². The van der Waals surface area contributed by atoms with Crippen LogP contribution in [0.15, 0.2) is 42.7 Å². The van der Waals surface area contributed by atoms with Crippen molar-refractivity contribution in [2.24, 2.45) is 23.5 Å². The Morgan fingerprint density at radius 2 is 2.19 bits per heavy atom. The molecule has 6 nitrogen and oxygen atoms in total. The molecule has 3 aromatic rings. The van der Waals surface area contributed by atoms with E-state index in [0.29, 0.717) is 29.0 Å². The number of nitrogens with zero attached hydrogens (tertiary/aromatic N) is 4. The molecule has 2 fully saturated rings. The summed E-state index contributed by atoms with van der Waals surface area (Å²) in [5.41, 5.74) is 7.13. The van der Waals surface area contributed by atoms with Gasteiger partial charge in [-0.2, -0.15) is 5.10 Å². The van der Waals surface area contributed by atoms with Crippen molar-refractivity contribution in [2.45, 2.75) is 13.0 Å². The first-order valence-electron chi connectivity index (χ1n) is 8.71. The lowest BCUT2D eigenvalue weighted by atomic mass is 10.0. The molecule has 0 spiro atoms. The van der Waals surface area contributed by atoms with Crippen LogP contribution in [0.3, 0.4) is 0 Å². The molecule has 5 rings (SSSR count). The number of hydrogen-bond acceptors (Lipinski definition) is 4. The number of carbonyl (C=O) groups excluding carboxylic acids is 1. The van der Waals surface area contributed by atoms with Crippen LogP contribution in [0.4, 0.5) is 10.2 Å². The van der Waals surface area contributed by atoms with Crippen LogP contribution in [0.5, 0.6) is 0 Å². The smallest absolute Gasteiger partial charge is 0.254 e. The van der Waals surface area contributed by atoms with Crippen LogP contribution in [0, 0.1) is 23.6 Å². The summed E-state index contributed by atoms with van der Waals surface area (Å²) in [7, 11) is 0. The Morgan fingerprint density at radius 1 is 1.35 bits per heavy atom. The van der Waals surface area contributed by atoms with Gasteiger partial charge in [-0.05, 0) is 41.5 Å². The number of carbonyl (C=O) groups is 1. The van der Waals surface area contributed by atoms with Crippen LogP contribution in [0.25, 0.3) is 5.65 Å². The van der Waals surface area contributed by atoms with Crippen molar-refractivity contribution in [1.29, 1.82) is 0 Å². The lowest BCUT2D eigenvalue weighted by molar-refractivity contribution is 0.100. The van der Waals surface area contributed by atoms with Crippen LogP contribution in [-0.4, -0.2) is 27.0 Å². The van der Waals surface area contributed by atoms with Gasteiger partial charge >= 0.3 is 0 Å². The molecule has 1 amide bonds. The molecule has 2 aromatic heterocycles. The first-order valence-corrected chi connectivity index (χ1v) is 8.71. The summed E-state index contributed by atoms with van der Waals surface area (Å²) in [5.74, 6) is 1.68. The monoisotopic (exact) mass is 351 g/mol. The Labute approximate surface area is 149 Å². The maximum atomic E-state index is 13.8. The number of rotatable bonds is 3. The van der Waals surface area contributed by atoms with Crippen molar-refractivity contribution < 1.29 is 9.18 Å². The van der Waals surface area contributed by atoms with E-state index in [0.717, 1.165) is 17.9 Å². The Kier molecular flexibility index (Phi) is 3.10. The van der Waals surface area contributed by atoms with E-state index in [9.17, 15) is 9.18 Å². The second kappa shape index (κ2) is 5.27. The second-order valence-electron chi connectivity index (χ2n) is 7.23. The van der Waals surface area contributed by atoms with Crippen molar-refractivity contribution in [1.82, 2.24) is 14.6 Å². The molecule has 3 heterocycles. The van der Waals surface area contributed by atoms with Crippen LogP contribution in [-0.2, 0) is 0 Å². The van der Waals surface area contributed by atoms with Crippen LogP contribution < -0.4 is 10.6 Å². The number of primary amides is 1. The highest BCUT2D eigenvalue weighted by Gasteiger charge is 2.59. The Morgan fingerprint density at radius 3 is 2.96 bits per heavy atom. The van der Waals surface area contributed by atoms with Gasteiger partial charge in [0.2, 0.25) is 0 Å².